The molecule has 0 spiro atoms. The largest absolute Gasteiger partial charge is 0.480 e. The Morgan fingerprint density at radius 2 is 1.42 bits per heavy atom. The molecule has 4 atom stereocenters. The summed E-state index contributed by atoms with van der Waals surface area (Å²) in [6, 6.07) is 4.59. The lowest BCUT2D eigenvalue weighted by molar-refractivity contribution is -0.143. The number of aliphatic carboxylic acids is 1. The number of unbranched alkanes of at least 4 members (excludes halogenated alkanes) is 1. The first-order valence-electron chi connectivity index (χ1n) is 12.9. The quantitative estimate of drug-likeness (QED) is 0.122. The molecule has 0 saturated carbocycles. The number of carboxylic acid groups (broad SMARTS) is 1. The van der Waals surface area contributed by atoms with Gasteiger partial charge in [-0.15, -0.1) is 0 Å². The second-order valence-corrected chi connectivity index (χ2v) is 9.74. The van der Waals surface area contributed by atoms with E-state index < -0.39 is 53.8 Å². The normalized spacial score (nSPS) is 14.1. The lowest BCUT2D eigenvalue weighted by Crippen LogP contribution is -2.57. The van der Waals surface area contributed by atoms with Gasteiger partial charge in [-0.3, -0.25) is 19.2 Å². The van der Waals surface area contributed by atoms with Gasteiger partial charge in [0.25, 0.3) is 0 Å². The van der Waals surface area contributed by atoms with Crippen molar-refractivity contribution in [3.05, 3.63) is 35.9 Å². The minimum absolute atomic E-state index is 0.0189. The number of nitrogens with one attached hydrogen (secondary N) is 3. The second-order valence-electron chi connectivity index (χ2n) is 9.74. The fourth-order valence-corrected chi connectivity index (χ4v) is 3.77. The van der Waals surface area contributed by atoms with Gasteiger partial charge in [-0.2, -0.15) is 0 Å². The minimum atomic E-state index is -1.25. The zero-order valence-corrected chi connectivity index (χ0v) is 22.2. The second kappa shape index (κ2) is 17.1. The van der Waals surface area contributed by atoms with Crippen molar-refractivity contribution in [3.8, 4) is 0 Å². The Hall–Kier alpha value is -3.51. The van der Waals surface area contributed by atoms with Crippen molar-refractivity contribution >= 4 is 29.6 Å². The van der Waals surface area contributed by atoms with E-state index in [0.29, 0.717) is 25.8 Å². The molecule has 0 saturated heterocycles. The number of hydrogen-bond acceptors (Lipinski definition) is 7. The molecule has 12 heteroatoms. The maximum Gasteiger partial charge on any atom is 0.326 e. The van der Waals surface area contributed by atoms with Gasteiger partial charge in [0.05, 0.1) is 6.04 Å². The van der Waals surface area contributed by atoms with E-state index in [2.05, 4.69) is 16.0 Å². The van der Waals surface area contributed by atoms with E-state index in [0.717, 1.165) is 5.56 Å². The van der Waals surface area contributed by atoms with Gasteiger partial charge in [0.2, 0.25) is 23.6 Å². The first-order chi connectivity index (χ1) is 17.9. The van der Waals surface area contributed by atoms with Crippen molar-refractivity contribution in [2.24, 2.45) is 23.1 Å². The molecule has 212 valence electrons. The van der Waals surface area contributed by atoms with Crippen LogP contribution in [0.1, 0.15) is 57.9 Å². The van der Waals surface area contributed by atoms with Crippen molar-refractivity contribution in [2.45, 2.75) is 83.0 Å². The zero-order chi connectivity index (χ0) is 28.7. The number of hydrogen-bond donors (Lipinski definition) is 7. The van der Waals surface area contributed by atoms with Gasteiger partial charge in [-0.25, -0.2) is 4.79 Å². The van der Waals surface area contributed by atoms with Gasteiger partial charge in [-0.1, -0.05) is 50.6 Å². The van der Waals surface area contributed by atoms with Crippen LogP contribution in [-0.2, 0) is 30.4 Å². The number of primary amides is 1. The van der Waals surface area contributed by atoms with E-state index in [4.69, 9.17) is 17.2 Å². The third-order valence-corrected chi connectivity index (χ3v) is 5.86. The lowest BCUT2D eigenvalue weighted by atomic mass is 10.0. The van der Waals surface area contributed by atoms with Crippen molar-refractivity contribution < 1.29 is 29.1 Å². The molecule has 1 aromatic carbocycles. The molecule has 12 nitrogen and oxygen atoms in total. The predicted octanol–water partition coefficient (Wildman–Crippen LogP) is -0.464. The number of carboxylic acids is 1. The van der Waals surface area contributed by atoms with Crippen LogP contribution < -0.4 is 33.2 Å². The standard InChI is InChI=1S/C26H42N6O6/c1-16(2)14-21(26(37)38)32-24(35)19(11-12-22(29)33)30-25(36)20(15-17-8-4-3-5-9-17)31-23(34)18(28)10-6-7-13-27/h3-5,8-9,16,18-21H,6-7,10-15,27-28H2,1-2H3,(H2,29,33)(H,30,36)(H,31,34)(H,32,35)(H,37,38). The molecule has 0 radical (unpaired) electrons. The van der Waals surface area contributed by atoms with Gasteiger partial charge in [0.1, 0.15) is 18.1 Å². The van der Waals surface area contributed by atoms with Crippen molar-refractivity contribution in [1.29, 1.82) is 0 Å². The number of nitrogens with two attached hydrogens (primary N) is 3. The summed E-state index contributed by atoms with van der Waals surface area (Å²) < 4.78 is 0. The van der Waals surface area contributed by atoms with Crippen LogP contribution in [0.3, 0.4) is 0 Å². The molecule has 4 unspecified atom stereocenters. The van der Waals surface area contributed by atoms with Gasteiger partial charge in [0, 0.05) is 12.8 Å². The highest BCUT2D eigenvalue weighted by Crippen LogP contribution is 2.09. The van der Waals surface area contributed by atoms with E-state index in [1.54, 1.807) is 24.3 Å². The van der Waals surface area contributed by atoms with Crippen LogP contribution in [0.4, 0.5) is 0 Å². The van der Waals surface area contributed by atoms with Crippen LogP contribution in [0.2, 0.25) is 0 Å². The molecule has 0 aromatic heterocycles. The lowest BCUT2D eigenvalue weighted by Gasteiger charge is -2.25. The van der Waals surface area contributed by atoms with E-state index >= 15 is 0 Å². The Morgan fingerprint density at radius 1 is 0.842 bits per heavy atom. The predicted molar refractivity (Wildman–Crippen MR) is 142 cm³/mol. The highest BCUT2D eigenvalue weighted by atomic mass is 16.4. The molecule has 0 heterocycles. The summed E-state index contributed by atoms with van der Waals surface area (Å²) in [4.78, 5) is 62.1. The smallest absolute Gasteiger partial charge is 0.326 e. The first-order valence-corrected chi connectivity index (χ1v) is 12.9. The van der Waals surface area contributed by atoms with Crippen molar-refractivity contribution in [3.63, 3.8) is 0 Å². The average Bonchev–Trinajstić information content (AvgIpc) is 2.85. The fourth-order valence-electron chi connectivity index (χ4n) is 3.77. The summed E-state index contributed by atoms with van der Waals surface area (Å²) in [5, 5.41) is 17.1. The van der Waals surface area contributed by atoms with E-state index in [-0.39, 0.29) is 31.6 Å². The molecule has 38 heavy (non-hydrogen) atoms. The van der Waals surface area contributed by atoms with Crippen molar-refractivity contribution in [1.82, 2.24) is 16.0 Å². The topological polar surface area (TPSA) is 220 Å². The monoisotopic (exact) mass is 534 g/mol. The van der Waals surface area contributed by atoms with E-state index in [9.17, 15) is 29.1 Å². The highest BCUT2D eigenvalue weighted by molar-refractivity contribution is 5.94. The van der Waals surface area contributed by atoms with Crippen LogP contribution in [0, 0.1) is 5.92 Å². The molecule has 4 amide bonds. The van der Waals surface area contributed by atoms with Gasteiger partial charge >= 0.3 is 5.97 Å². The Balaban J connectivity index is 3.09. The van der Waals surface area contributed by atoms with Crippen LogP contribution >= 0.6 is 0 Å². The van der Waals surface area contributed by atoms with Crippen LogP contribution in [0.15, 0.2) is 30.3 Å². The third-order valence-electron chi connectivity index (χ3n) is 5.86. The molecule has 10 N–H and O–H groups in total. The van der Waals surface area contributed by atoms with Crippen molar-refractivity contribution in [2.75, 3.05) is 6.54 Å². The third kappa shape index (κ3) is 12.6. The summed E-state index contributed by atoms with van der Waals surface area (Å²) in [5.74, 6) is -3.90. The molecule has 0 bridgehead atoms. The van der Waals surface area contributed by atoms with Crippen LogP contribution in [-0.4, -0.2) is 65.4 Å². The van der Waals surface area contributed by atoms with E-state index in [1.165, 1.54) is 0 Å². The Bertz CT molecular complexity index is 926. The Kier molecular flexibility index (Phi) is 14.6. The molecular formula is C26H42N6O6. The number of rotatable bonds is 18. The van der Waals surface area contributed by atoms with E-state index in [1.807, 2.05) is 19.9 Å². The minimum Gasteiger partial charge on any atom is -0.480 e. The van der Waals surface area contributed by atoms with Crippen LogP contribution in [0.25, 0.3) is 0 Å². The summed E-state index contributed by atoms with van der Waals surface area (Å²) in [6.45, 7) is 4.10. The van der Waals surface area contributed by atoms with Crippen LogP contribution in [0.5, 0.6) is 0 Å². The first kappa shape index (κ1) is 32.5. The Morgan fingerprint density at radius 3 is 1.97 bits per heavy atom. The highest BCUT2D eigenvalue weighted by Gasteiger charge is 2.31. The number of benzene rings is 1. The molecular weight excluding hydrogens is 492 g/mol. The summed E-state index contributed by atoms with van der Waals surface area (Å²) in [6.07, 6.45) is 1.67. The molecule has 0 aliphatic heterocycles. The molecule has 0 aliphatic rings. The molecule has 0 aliphatic carbocycles. The van der Waals surface area contributed by atoms with Gasteiger partial charge in [0.15, 0.2) is 0 Å². The summed E-state index contributed by atoms with van der Waals surface area (Å²) >= 11 is 0. The number of carbonyl (C=O) groups is 5. The number of amides is 4. The van der Waals surface area contributed by atoms with Gasteiger partial charge < -0.3 is 38.3 Å². The maximum absolute atomic E-state index is 13.3. The Labute approximate surface area is 223 Å². The summed E-state index contributed by atoms with van der Waals surface area (Å²) in [7, 11) is 0. The maximum atomic E-state index is 13.3. The molecule has 1 aromatic rings. The molecule has 0 fully saturated rings. The average molecular weight is 535 g/mol. The fraction of sp³-hybridized carbons (Fsp3) is 0.577. The number of carbonyl (C=O) groups excluding carboxylic acids is 4. The molecule has 1 rings (SSSR count). The SMILES string of the molecule is CC(C)CC(NC(=O)C(CCC(N)=O)NC(=O)C(Cc1ccccc1)NC(=O)C(N)CCCCN)C(=O)O. The zero-order valence-electron chi connectivity index (χ0n) is 22.2. The van der Waals surface area contributed by atoms with Gasteiger partial charge in [-0.05, 0) is 43.7 Å². The summed E-state index contributed by atoms with van der Waals surface area (Å²) in [5.41, 5.74) is 17.5.